The third-order valence-electron chi connectivity index (χ3n) is 3.45. The van der Waals surface area contributed by atoms with Gasteiger partial charge in [-0.15, -0.1) is 5.10 Å². The molecule has 4 nitrogen and oxygen atoms in total. The number of hydrogen-bond acceptors (Lipinski definition) is 3. The number of para-hydroxylation sites is 1. The van der Waals surface area contributed by atoms with Crippen molar-refractivity contribution in [2.24, 2.45) is 0 Å². The molecule has 0 fully saturated rings. The molecule has 0 aliphatic rings. The molecule has 0 saturated heterocycles. The Hall–Kier alpha value is -1.71. The van der Waals surface area contributed by atoms with Crippen molar-refractivity contribution < 1.29 is 0 Å². The van der Waals surface area contributed by atoms with E-state index in [0.717, 1.165) is 30.8 Å². The highest BCUT2D eigenvalue weighted by Crippen LogP contribution is 2.24. The van der Waals surface area contributed by atoms with Gasteiger partial charge in [0.25, 0.3) is 0 Å². The molecule has 2 aromatic rings. The summed E-state index contributed by atoms with van der Waals surface area (Å²) < 4.78 is 1.90. The lowest BCUT2D eigenvalue weighted by Crippen LogP contribution is -2.09. The Morgan fingerprint density at radius 3 is 2.50 bits per heavy atom. The topological polar surface area (TPSA) is 43.6 Å². The summed E-state index contributed by atoms with van der Waals surface area (Å²) in [4.78, 5) is 0. The van der Waals surface area contributed by atoms with Gasteiger partial charge in [0, 0.05) is 5.92 Å². The van der Waals surface area contributed by atoms with Crippen LogP contribution in [-0.2, 0) is 6.42 Å². The van der Waals surface area contributed by atoms with Gasteiger partial charge in [-0.3, -0.25) is 0 Å². The zero-order valence-corrected chi connectivity index (χ0v) is 11.3. The van der Waals surface area contributed by atoms with Crippen molar-refractivity contribution in [3.63, 3.8) is 0 Å². The van der Waals surface area contributed by atoms with Gasteiger partial charge < -0.3 is 0 Å². The van der Waals surface area contributed by atoms with Crippen LogP contribution in [0.4, 0.5) is 0 Å². The van der Waals surface area contributed by atoms with Gasteiger partial charge >= 0.3 is 0 Å². The molecule has 96 valence electrons. The van der Waals surface area contributed by atoms with Crippen LogP contribution in [0.2, 0.25) is 0 Å². The summed E-state index contributed by atoms with van der Waals surface area (Å²) in [5.74, 6) is 1.39. The van der Waals surface area contributed by atoms with Crippen LogP contribution in [0.25, 0.3) is 5.69 Å². The smallest absolute Gasteiger partial charge is 0.159 e. The Kier molecular flexibility index (Phi) is 4.07. The first-order chi connectivity index (χ1) is 8.81. The third kappa shape index (κ3) is 2.28. The predicted octanol–water partition coefficient (Wildman–Crippen LogP) is 3.13. The zero-order chi connectivity index (χ0) is 13.0. The van der Waals surface area contributed by atoms with Gasteiger partial charge in [0.05, 0.1) is 5.69 Å². The molecule has 0 saturated carbocycles. The summed E-state index contributed by atoms with van der Waals surface area (Å²) >= 11 is 0. The Balaban J connectivity index is 2.48. The highest BCUT2D eigenvalue weighted by Gasteiger charge is 2.17. The van der Waals surface area contributed by atoms with Crippen LogP contribution in [0.3, 0.4) is 0 Å². The van der Waals surface area contributed by atoms with Crippen molar-refractivity contribution in [2.45, 2.75) is 46.0 Å². The average Bonchev–Trinajstić information content (AvgIpc) is 2.89. The molecule has 4 heteroatoms. The van der Waals surface area contributed by atoms with Gasteiger partial charge in [-0.1, -0.05) is 39.0 Å². The molecule has 18 heavy (non-hydrogen) atoms. The van der Waals surface area contributed by atoms with Crippen LogP contribution < -0.4 is 0 Å². The number of hydrogen-bond donors (Lipinski definition) is 0. The van der Waals surface area contributed by atoms with Gasteiger partial charge in [-0.2, -0.15) is 4.68 Å². The number of nitrogens with zero attached hydrogens (tertiary/aromatic N) is 4. The maximum Gasteiger partial charge on any atom is 0.159 e. The number of aryl methyl sites for hydroxylation is 1. The lowest BCUT2D eigenvalue weighted by Gasteiger charge is -2.14. The largest absolute Gasteiger partial charge is 0.197 e. The first-order valence-electron chi connectivity index (χ1n) is 6.68. The molecule has 0 radical (unpaired) electrons. The predicted molar refractivity (Wildman–Crippen MR) is 71.9 cm³/mol. The third-order valence-corrected chi connectivity index (χ3v) is 3.45. The minimum Gasteiger partial charge on any atom is -0.197 e. The molecule has 0 unspecified atom stereocenters. The summed E-state index contributed by atoms with van der Waals surface area (Å²) in [7, 11) is 0. The van der Waals surface area contributed by atoms with E-state index in [1.807, 2.05) is 10.7 Å². The molecule has 1 heterocycles. The molecular weight excluding hydrogens is 224 g/mol. The fraction of sp³-hybridized carbons (Fsp3) is 0.500. The maximum absolute atomic E-state index is 4.21. The Labute approximate surface area is 108 Å². The second-order valence-electron chi connectivity index (χ2n) is 4.44. The minimum absolute atomic E-state index is 0.421. The van der Waals surface area contributed by atoms with E-state index in [-0.39, 0.29) is 0 Å². The fourth-order valence-corrected chi connectivity index (χ4v) is 2.29. The standard InChI is InChI=1S/C14H20N4/c1-4-11(5-2)14-15-16-17-18(14)13-10-8-7-9-12(13)6-3/h7-11H,4-6H2,1-3H3. The average molecular weight is 244 g/mol. The van der Waals surface area contributed by atoms with E-state index in [2.05, 4.69) is 54.5 Å². The molecule has 2 rings (SSSR count). The summed E-state index contributed by atoms with van der Waals surface area (Å²) in [5, 5.41) is 12.2. The van der Waals surface area contributed by atoms with Crippen LogP contribution >= 0.6 is 0 Å². The number of benzene rings is 1. The molecule has 1 aromatic carbocycles. The summed E-state index contributed by atoms with van der Waals surface area (Å²) in [5.41, 5.74) is 2.38. The summed E-state index contributed by atoms with van der Waals surface area (Å²) in [6.45, 7) is 6.51. The van der Waals surface area contributed by atoms with E-state index in [4.69, 9.17) is 0 Å². The second-order valence-corrected chi connectivity index (χ2v) is 4.44. The fourth-order valence-electron chi connectivity index (χ4n) is 2.29. The van der Waals surface area contributed by atoms with Gasteiger partial charge in [0.2, 0.25) is 0 Å². The molecule has 0 atom stereocenters. The molecule has 0 amide bonds. The van der Waals surface area contributed by atoms with E-state index < -0.39 is 0 Å². The maximum atomic E-state index is 4.21. The Bertz CT molecular complexity index is 500. The van der Waals surface area contributed by atoms with Crippen LogP contribution in [0.1, 0.15) is 50.9 Å². The summed E-state index contributed by atoms with van der Waals surface area (Å²) in [6, 6.07) is 8.31. The number of aromatic nitrogens is 4. The van der Waals surface area contributed by atoms with Crippen LogP contribution in [0.15, 0.2) is 24.3 Å². The van der Waals surface area contributed by atoms with Crippen LogP contribution in [0.5, 0.6) is 0 Å². The normalized spacial score (nSPS) is 11.1. The lowest BCUT2D eigenvalue weighted by molar-refractivity contribution is 0.580. The number of rotatable bonds is 5. The number of tetrazole rings is 1. The van der Waals surface area contributed by atoms with Crippen molar-refractivity contribution in [3.05, 3.63) is 35.7 Å². The molecule has 0 N–H and O–H groups in total. The van der Waals surface area contributed by atoms with Gasteiger partial charge in [0.15, 0.2) is 5.82 Å². The van der Waals surface area contributed by atoms with E-state index >= 15 is 0 Å². The van der Waals surface area contributed by atoms with Crippen molar-refractivity contribution in [2.75, 3.05) is 0 Å². The molecule has 0 aliphatic heterocycles. The van der Waals surface area contributed by atoms with E-state index in [1.165, 1.54) is 5.56 Å². The lowest BCUT2D eigenvalue weighted by atomic mass is 10.0. The Morgan fingerprint density at radius 2 is 1.83 bits per heavy atom. The van der Waals surface area contributed by atoms with Gasteiger partial charge in [-0.25, -0.2) is 0 Å². The monoisotopic (exact) mass is 244 g/mol. The van der Waals surface area contributed by atoms with Gasteiger partial charge in [0.1, 0.15) is 0 Å². The SMILES string of the molecule is CCc1ccccc1-n1nnnc1C(CC)CC. The van der Waals surface area contributed by atoms with Gasteiger partial charge in [-0.05, 0) is 41.3 Å². The van der Waals surface area contributed by atoms with Crippen molar-refractivity contribution in [1.82, 2.24) is 20.2 Å². The zero-order valence-electron chi connectivity index (χ0n) is 11.3. The summed E-state index contributed by atoms with van der Waals surface area (Å²) in [6.07, 6.45) is 3.11. The molecule has 0 spiro atoms. The van der Waals surface area contributed by atoms with E-state index in [9.17, 15) is 0 Å². The van der Waals surface area contributed by atoms with Crippen LogP contribution in [-0.4, -0.2) is 20.2 Å². The molecule has 1 aromatic heterocycles. The first-order valence-corrected chi connectivity index (χ1v) is 6.68. The van der Waals surface area contributed by atoms with Crippen molar-refractivity contribution in [3.8, 4) is 5.69 Å². The van der Waals surface area contributed by atoms with E-state index in [1.54, 1.807) is 0 Å². The van der Waals surface area contributed by atoms with E-state index in [0.29, 0.717) is 5.92 Å². The minimum atomic E-state index is 0.421. The molecule has 0 bridgehead atoms. The molecular formula is C14H20N4. The highest BCUT2D eigenvalue weighted by molar-refractivity contribution is 5.40. The van der Waals surface area contributed by atoms with Crippen molar-refractivity contribution >= 4 is 0 Å². The van der Waals surface area contributed by atoms with Crippen LogP contribution in [0, 0.1) is 0 Å². The highest BCUT2D eigenvalue weighted by atomic mass is 15.5. The first kappa shape index (κ1) is 12.7. The quantitative estimate of drug-likeness (QED) is 0.811. The molecule has 0 aliphatic carbocycles. The second kappa shape index (κ2) is 5.76. The van der Waals surface area contributed by atoms with Crippen molar-refractivity contribution in [1.29, 1.82) is 0 Å². The Morgan fingerprint density at radius 1 is 1.11 bits per heavy atom.